The summed E-state index contributed by atoms with van der Waals surface area (Å²) in [5.74, 6) is 1.10. The number of halogens is 3. The van der Waals surface area contributed by atoms with Crippen LogP contribution in [0.25, 0.3) is 11.4 Å². The third-order valence-electron chi connectivity index (χ3n) is 2.56. The molecule has 2 rings (SSSR count). The first-order valence-electron chi connectivity index (χ1n) is 5.60. The average Bonchev–Trinajstić information content (AvgIpc) is 2.76. The zero-order chi connectivity index (χ0) is 13.1. The number of hydrogen-bond acceptors (Lipinski definition) is 2. The van der Waals surface area contributed by atoms with Gasteiger partial charge in [0, 0.05) is 11.0 Å². The van der Waals surface area contributed by atoms with E-state index in [0.29, 0.717) is 16.7 Å². The molecule has 1 aromatic heterocycles. The Morgan fingerprint density at radius 2 is 2.11 bits per heavy atom. The lowest BCUT2D eigenvalue weighted by molar-refractivity contribution is 0.621. The second-order valence-corrected chi connectivity index (χ2v) is 5.33. The summed E-state index contributed by atoms with van der Waals surface area (Å²) in [5, 5.41) is 8.79. The first-order chi connectivity index (χ1) is 8.67. The SMILES string of the molecule is CCCn1c(CBr)nnc1-c1cc(Br)ccc1F. The van der Waals surface area contributed by atoms with Crippen LogP contribution in [0.15, 0.2) is 22.7 Å². The van der Waals surface area contributed by atoms with Gasteiger partial charge in [-0.25, -0.2) is 4.39 Å². The predicted octanol–water partition coefficient (Wildman–Crippen LogP) is 4.15. The molecule has 0 N–H and O–H groups in total. The van der Waals surface area contributed by atoms with Gasteiger partial charge in [-0.15, -0.1) is 10.2 Å². The van der Waals surface area contributed by atoms with Crippen molar-refractivity contribution in [2.24, 2.45) is 0 Å². The molecule has 0 bridgehead atoms. The molecule has 1 heterocycles. The van der Waals surface area contributed by atoms with Gasteiger partial charge in [0.15, 0.2) is 5.82 Å². The molecular weight excluding hydrogens is 365 g/mol. The molecule has 0 radical (unpaired) electrons. The molecule has 96 valence electrons. The minimum atomic E-state index is -0.288. The highest BCUT2D eigenvalue weighted by molar-refractivity contribution is 9.10. The second kappa shape index (κ2) is 5.93. The van der Waals surface area contributed by atoms with E-state index >= 15 is 0 Å². The van der Waals surface area contributed by atoms with Crippen LogP contribution in [-0.2, 0) is 11.9 Å². The number of aromatic nitrogens is 3. The Morgan fingerprint density at radius 3 is 2.78 bits per heavy atom. The van der Waals surface area contributed by atoms with Crippen molar-refractivity contribution in [1.29, 1.82) is 0 Å². The van der Waals surface area contributed by atoms with Crippen LogP contribution in [0.3, 0.4) is 0 Å². The van der Waals surface area contributed by atoms with Crippen molar-refractivity contribution in [1.82, 2.24) is 14.8 Å². The molecule has 0 saturated carbocycles. The van der Waals surface area contributed by atoms with E-state index in [-0.39, 0.29) is 5.82 Å². The van der Waals surface area contributed by atoms with Gasteiger partial charge in [0.05, 0.1) is 10.9 Å². The van der Waals surface area contributed by atoms with E-state index in [9.17, 15) is 4.39 Å². The summed E-state index contributed by atoms with van der Waals surface area (Å²) in [6.45, 7) is 2.84. The number of benzene rings is 1. The number of hydrogen-bond donors (Lipinski definition) is 0. The van der Waals surface area contributed by atoms with Crippen molar-refractivity contribution in [2.75, 3.05) is 0 Å². The molecule has 2 aromatic rings. The van der Waals surface area contributed by atoms with Gasteiger partial charge in [0.1, 0.15) is 11.6 Å². The Balaban J connectivity index is 2.56. The average molecular weight is 377 g/mol. The molecule has 0 unspecified atom stereocenters. The summed E-state index contributed by atoms with van der Waals surface area (Å²) < 4.78 is 16.6. The molecule has 0 saturated heterocycles. The smallest absolute Gasteiger partial charge is 0.166 e. The van der Waals surface area contributed by atoms with Crippen LogP contribution in [0.5, 0.6) is 0 Å². The number of nitrogens with zero attached hydrogens (tertiary/aromatic N) is 3. The molecule has 0 amide bonds. The Hall–Kier alpha value is -0.750. The highest BCUT2D eigenvalue weighted by atomic mass is 79.9. The fourth-order valence-electron chi connectivity index (χ4n) is 1.76. The zero-order valence-corrected chi connectivity index (χ0v) is 13.0. The van der Waals surface area contributed by atoms with Crippen LogP contribution in [0.4, 0.5) is 4.39 Å². The van der Waals surface area contributed by atoms with E-state index in [0.717, 1.165) is 23.3 Å². The van der Waals surface area contributed by atoms with E-state index in [1.54, 1.807) is 12.1 Å². The molecule has 0 atom stereocenters. The van der Waals surface area contributed by atoms with E-state index in [2.05, 4.69) is 49.0 Å². The fraction of sp³-hybridized carbons (Fsp3) is 0.333. The van der Waals surface area contributed by atoms with E-state index < -0.39 is 0 Å². The second-order valence-electron chi connectivity index (χ2n) is 3.85. The van der Waals surface area contributed by atoms with Gasteiger partial charge in [-0.3, -0.25) is 0 Å². The summed E-state index contributed by atoms with van der Waals surface area (Å²) in [5.41, 5.74) is 0.470. The lowest BCUT2D eigenvalue weighted by Crippen LogP contribution is -2.04. The molecule has 1 aromatic carbocycles. The molecule has 0 aliphatic heterocycles. The van der Waals surface area contributed by atoms with Gasteiger partial charge < -0.3 is 4.57 Å². The van der Waals surface area contributed by atoms with E-state index in [1.807, 2.05) is 4.57 Å². The van der Waals surface area contributed by atoms with Crippen LogP contribution in [0.2, 0.25) is 0 Å². The van der Waals surface area contributed by atoms with Crippen molar-refractivity contribution in [3.8, 4) is 11.4 Å². The molecule has 0 fully saturated rings. The molecule has 0 aliphatic rings. The van der Waals surface area contributed by atoms with E-state index in [1.165, 1.54) is 6.07 Å². The van der Waals surface area contributed by atoms with Gasteiger partial charge in [-0.2, -0.15) is 0 Å². The maximum absolute atomic E-state index is 13.9. The highest BCUT2D eigenvalue weighted by Gasteiger charge is 2.16. The fourth-order valence-corrected chi connectivity index (χ4v) is 2.54. The van der Waals surface area contributed by atoms with Crippen LogP contribution in [-0.4, -0.2) is 14.8 Å². The minimum Gasteiger partial charge on any atom is -0.310 e. The molecule has 6 heteroatoms. The maximum atomic E-state index is 13.9. The Morgan fingerprint density at radius 1 is 1.33 bits per heavy atom. The Bertz CT molecular complexity index is 554. The molecular formula is C12H12Br2FN3. The summed E-state index contributed by atoms with van der Waals surface area (Å²) >= 11 is 6.72. The first-order valence-corrected chi connectivity index (χ1v) is 7.52. The summed E-state index contributed by atoms with van der Waals surface area (Å²) in [6, 6.07) is 4.83. The van der Waals surface area contributed by atoms with Crippen molar-refractivity contribution in [3.05, 3.63) is 34.3 Å². The summed E-state index contributed by atoms with van der Waals surface area (Å²) in [7, 11) is 0. The molecule has 0 spiro atoms. The monoisotopic (exact) mass is 375 g/mol. The molecule has 0 aliphatic carbocycles. The number of rotatable bonds is 4. The molecule has 3 nitrogen and oxygen atoms in total. The maximum Gasteiger partial charge on any atom is 0.166 e. The summed E-state index contributed by atoms with van der Waals surface area (Å²) in [4.78, 5) is 0. The van der Waals surface area contributed by atoms with E-state index in [4.69, 9.17) is 0 Å². The van der Waals surface area contributed by atoms with Gasteiger partial charge in [0.25, 0.3) is 0 Å². The lowest BCUT2D eigenvalue weighted by atomic mass is 10.2. The van der Waals surface area contributed by atoms with Crippen molar-refractivity contribution >= 4 is 31.9 Å². The van der Waals surface area contributed by atoms with Crippen LogP contribution >= 0.6 is 31.9 Å². The highest BCUT2D eigenvalue weighted by Crippen LogP contribution is 2.26. The van der Waals surface area contributed by atoms with Crippen molar-refractivity contribution in [3.63, 3.8) is 0 Å². The first kappa shape index (κ1) is 13.7. The van der Waals surface area contributed by atoms with Crippen LogP contribution in [0, 0.1) is 5.82 Å². The van der Waals surface area contributed by atoms with Crippen molar-refractivity contribution < 1.29 is 4.39 Å². The quantitative estimate of drug-likeness (QED) is 0.750. The Kier molecular flexibility index (Phi) is 4.50. The summed E-state index contributed by atoms with van der Waals surface area (Å²) in [6.07, 6.45) is 0.945. The lowest BCUT2D eigenvalue weighted by Gasteiger charge is -2.08. The minimum absolute atomic E-state index is 0.288. The third-order valence-corrected chi connectivity index (χ3v) is 3.56. The van der Waals surface area contributed by atoms with Gasteiger partial charge in [-0.1, -0.05) is 38.8 Å². The third kappa shape index (κ3) is 2.64. The Labute approximate surface area is 122 Å². The topological polar surface area (TPSA) is 30.7 Å². The van der Waals surface area contributed by atoms with Gasteiger partial charge in [-0.05, 0) is 24.6 Å². The zero-order valence-electron chi connectivity index (χ0n) is 9.83. The molecule has 18 heavy (non-hydrogen) atoms. The normalized spacial score (nSPS) is 10.9. The van der Waals surface area contributed by atoms with Crippen LogP contribution in [0.1, 0.15) is 19.2 Å². The van der Waals surface area contributed by atoms with Gasteiger partial charge in [0.2, 0.25) is 0 Å². The van der Waals surface area contributed by atoms with Gasteiger partial charge >= 0.3 is 0 Å². The van der Waals surface area contributed by atoms with Crippen molar-refractivity contribution in [2.45, 2.75) is 25.2 Å². The van der Waals surface area contributed by atoms with Crippen LogP contribution < -0.4 is 0 Å². The predicted molar refractivity (Wildman–Crippen MR) is 76.0 cm³/mol. The standard InChI is InChI=1S/C12H12Br2FN3/c1-2-5-18-11(7-13)16-17-12(18)9-6-8(14)3-4-10(9)15/h3-4,6H,2,5,7H2,1H3. The number of alkyl halides is 1. The largest absolute Gasteiger partial charge is 0.310 e.